The minimum absolute atomic E-state index is 0. The molecule has 2 rings (SSSR count). The molecule has 5 nitrogen and oxygen atoms in total. The molecule has 1 N–H and O–H groups in total. The van der Waals surface area contributed by atoms with Crippen LogP contribution in [0.25, 0.3) is 0 Å². The molecule has 1 aromatic carbocycles. The SMILES string of the molecule is O=[C-]CCC([C-]=O)c1c(F)cc(N2CCCC2=O)cc1F.[CH2-]O.[Li+]. The second kappa shape index (κ2) is 11.1. The fourth-order valence-corrected chi connectivity index (χ4v) is 2.45. The van der Waals surface area contributed by atoms with E-state index in [4.69, 9.17) is 5.11 Å². The van der Waals surface area contributed by atoms with Crippen LogP contribution in [0.3, 0.4) is 0 Å². The minimum Gasteiger partial charge on any atom is -0.569 e. The van der Waals surface area contributed by atoms with Crippen molar-refractivity contribution in [2.75, 3.05) is 11.4 Å². The molecule has 0 spiro atoms. The summed E-state index contributed by atoms with van der Waals surface area (Å²) < 4.78 is 28.2. The van der Waals surface area contributed by atoms with E-state index in [2.05, 4.69) is 7.11 Å². The van der Waals surface area contributed by atoms with E-state index in [9.17, 15) is 23.2 Å². The zero-order valence-electron chi connectivity index (χ0n) is 13.3. The van der Waals surface area contributed by atoms with Gasteiger partial charge >= 0.3 is 18.9 Å². The summed E-state index contributed by atoms with van der Waals surface area (Å²) in [4.78, 5) is 34.0. The van der Waals surface area contributed by atoms with Crippen molar-refractivity contribution in [3.8, 4) is 0 Å². The molecule has 24 heavy (non-hydrogen) atoms. The molecule has 1 heterocycles. The van der Waals surface area contributed by atoms with Gasteiger partial charge < -0.3 is 19.6 Å². The van der Waals surface area contributed by atoms with Crippen LogP contribution in [-0.2, 0) is 14.4 Å². The molecule has 1 aliphatic heterocycles. The number of aliphatic hydroxyl groups is 1. The van der Waals surface area contributed by atoms with Crippen LogP contribution < -0.4 is 23.8 Å². The number of carbonyl (C=O) groups excluding carboxylic acids is 3. The van der Waals surface area contributed by atoms with Gasteiger partial charge in [0.2, 0.25) is 5.91 Å². The number of rotatable bonds is 6. The Morgan fingerprint density at radius 3 is 2.25 bits per heavy atom. The molecule has 1 amide bonds. The predicted octanol–water partition coefficient (Wildman–Crippen LogP) is -0.671. The third kappa shape index (κ3) is 5.23. The summed E-state index contributed by atoms with van der Waals surface area (Å²) in [5.41, 5.74) is -0.279. The number of hydrogen-bond acceptors (Lipinski definition) is 4. The minimum atomic E-state index is -1.16. The number of amides is 1. The summed E-state index contributed by atoms with van der Waals surface area (Å²) in [6.45, 7) is 0.417. The molecule has 1 atom stereocenters. The molecule has 0 aliphatic carbocycles. The molecule has 0 bridgehead atoms. The summed E-state index contributed by atoms with van der Waals surface area (Å²) in [6, 6.07) is 2.08. The Bertz CT molecular complexity index is 560. The molecule has 8 heteroatoms. The van der Waals surface area contributed by atoms with E-state index < -0.39 is 23.1 Å². The van der Waals surface area contributed by atoms with Crippen LogP contribution in [0.1, 0.15) is 37.2 Å². The normalized spacial score (nSPS) is 14.3. The number of nitrogens with zero attached hydrogens (tertiary/aromatic N) is 1. The molecule has 1 unspecified atom stereocenters. The van der Waals surface area contributed by atoms with E-state index >= 15 is 0 Å². The second-order valence-corrected chi connectivity index (χ2v) is 4.83. The molecule has 1 fully saturated rings. The maximum absolute atomic E-state index is 14.1. The number of hydrogen-bond donors (Lipinski definition) is 1. The maximum Gasteiger partial charge on any atom is 1.00 e. The predicted molar refractivity (Wildman–Crippen MR) is 78.6 cm³/mol. The second-order valence-electron chi connectivity index (χ2n) is 4.83. The van der Waals surface area contributed by atoms with Crippen LogP contribution in [0.5, 0.6) is 0 Å². The first-order valence-electron chi connectivity index (χ1n) is 6.92. The quantitative estimate of drug-likeness (QED) is 0.554. The molecule has 1 aromatic rings. The Hall–Kier alpha value is -1.55. The smallest absolute Gasteiger partial charge is 0.569 e. The van der Waals surface area contributed by atoms with Crippen molar-refractivity contribution in [2.24, 2.45) is 0 Å². The molecular weight excluding hydrogens is 315 g/mol. The zero-order chi connectivity index (χ0) is 17.4. The molecular formula is C16H16F2LiNO4-2. The van der Waals surface area contributed by atoms with Gasteiger partial charge in [0, 0.05) is 24.2 Å². The van der Waals surface area contributed by atoms with Gasteiger partial charge in [0.25, 0.3) is 0 Å². The number of benzene rings is 1. The van der Waals surface area contributed by atoms with Crippen LogP contribution in [0.15, 0.2) is 12.1 Å². The molecule has 1 aliphatic rings. The van der Waals surface area contributed by atoms with Gasteiger partial charge in [-0.25, -0.2) is 15.9 Å². The van der Waals surface area contributed by atoms with Gasteiger partial charge in [-0.2, -0.15) is 6.42 Å². The van der Waals surface area contributed by atoms with Gasteiger partial charge in [-0.15, -0.1) is 5.92 Å². The Labute approximate surface area is 151 Å². The van der Waals surface area contributed by atoms with Gasteiger partial charge in [-0.1, -0.05) is 6.42 Å². The van der Waals surface area contributed by atoms with Crippen LogP contribution in [0.4, 0.5) is 14.5 Å². The van der Waals surface area contributed by atoms with Gasteiger partial charge in [0.1, 0.15) is 11.6 Å². The Kier molecular flexibility index (Phi) is 10.4. The maximum atomic E-state index is 14.1. The van der Waals surface area contributed by atoms with E-state index in [0.29, 0.717) is 19.4 Å². The van der Waals surface area contributed by atoms with Crippen LogP contribution in [-0.4, -0.2) is 30.1 Å². The summed E-state index contributed by atoms with van der Waals surface area (Å²) in [6.07, 6.45) is 3.96. The van der Waals surface area contributed by atoms with Crippen LogP contribution in [0.2, 0.25) is 0 Å². The van der Waals surface area contributed by atoms with Crippen molar-refractivity contribution in [1.82, 2.24) is 0 Å². The Morgan fingerprint density at radius 2 is 1.83 bits per heavy atom. The van der Waals surface area contributed by atoms with Crippen molar-refractivity contribution >= 4 is 24.2 Å². The summed E-state index contributed by atoms with van der Waals surface area (Å²) >= 11 is 0. The van der Waals surface area contributed by atoms with Crippen LogP contribution in [0, 0.1) is 18.7 Å². The standard InChI is InChI=1S/C15H13F2NO3.CH3O.Li/c16-12-7-11(18-5-1-4-14(18)21)8-13(17)15(12)10(9-20)3-2-6-19;1-2;/h7-8,10H,1-5H2;2H,1H2;/q-2;-1;+1. The van der Waals surface area contributed by atoms with Gasteiger partial charge in [-0.05, 0) is 18.6 Å². The third-order valence-corrected chi connectivity index (χ3v) is 3.47. The van der Waals surface area contributed by atoms with E-state index in [0.717, 1.165) is 12.1 Å². The average Bonchev–Trinajstić information content (AvgIpc) is 2.97. The zero-order valence-corrected chi connectivity index (χ0v) is 13.3. The summed E-state index contributed by atoms with van der Waals surface area (Å²) in [7, 11) is 2.25. The summed E-state index contributed by atoms with van der Waals surface area (Å²) in [5, 5.41) is 6.75. The molecule has 1 saturated heterocycles. The van der Waals surface area contributed by atoms with Crippen molar-refractivity contribution in [1.29, 1.82) is 0 Å². The largest absolute Gasteiger partial charge is 1.00 e. The van der Waals surface area contributed by atoms with Gasteiger partial charge in [0.15, 0.2) is 0 Å². The Morgan fingerprint density at radius 1 is 1.25 bits per heavy atom. The number of aliphatic hydroxyl groups excluding tert-OH is 1. The Balaban J connectivity index is 0.00000170. The monoisotopic (exact) mass is 331 g/mol. The van der Waals surface area contributed by atoms with E-state index in [-0.39, 0.29) is 43.3 Å². The molecule has 0 saturated carbocycles. The number of anilines is 1. The number of halogens is 2. The van der Waals surface area contributed by atoms with Crippen molar-refractivity contribution < 1.29 is 47.1 Å². The first kappa shape index (κ1) is 22.4. The summed E-state index contributed by atoms with van der Waals surface area (Å²) in [5.74, 6) is -3.17. The van der Waals surface area contributed by atoms with Crippen molar-refractivity contribution in [2.45, 2.75) is 31.6 Å². The fourth-order valence-electron chi connectivity index (χ4n) is 2.45. The van der Waals surface area contributed by atoms with E-state index in [1.54, 1.807) is 12.6 Å². The number of carbonyl (C=O) groups is 1. The fraction of sp³-hybridized carbons (Fsp3) is 0.375. The third-order valence-electron chi connectivity index (χ3n) is 3.47. The van der Waals surface area contributed by atoms with E-state index in [1.165, 1.54) is 4.90 Å². The molecule has 126 valence electrons. The van der Waals surface area contributed by atoms with Gasteiger partial charge in [0.05, 0.1) is 0 Å². The van der Waals surface area contributed by atoms with Crippen LogP contribution >= 0.6 is 0 Å². The van der Waals surface area contributed by atoms with Gasteiger partial charge in [-0.3, -0.25) is 17.4 Å². The van der Waals surface area contributed by atoms with E-state index in [1.807, 2.05) is 0 Å². The average molecular weight is 331 g/mol. The molecule has 0 aromatic heterocycles. The molecule has 0 radical (unpaired) electrons. The first-order chi connectivity index (χ1) is 11.1. The first-order valence-corrected chi connectivity index (χ1v) is 6.92. The van der Waals surface area contributed by atoms with Crippen molar-refractivity contribution in [3.05, 3.63) is 36.4 Å². The van der Waals surface area contributed by atoms with Crippen molar-refractivity contribution in [3.63, 3.8) is 0 Å². The topological polar surface area (TPSA) is 74.7 Å².